The lowest BCUT2D eigenvalue weighted by molar-refractivity contribution is -0.161. The summed E-state index contributed by atoms with van der Waals surface area (Å²) in [6, 6.07) is 0. The minimum Gasteiger partial charge on any atom is -0.463 e. The number of rotatable bonds is 67. The van der Waals surface area contributed by atoms with Crippen molar-refractivity contribution in [2.75, 3.05) is 39.6 Å². The molecule has 0 heterocycles. The van der Waals surface area contributed by atoms with Crippen LogP contribution in [0.5, 0.6) is 0 Å². The fourth-order valence-electron chi connectivity index (χ4n) is 9.37. The summed E-state index contributed by atoms with van der Waals surface area (Å²) in [6.07, 6.45) is 73.0. The van der Waals surface area contributed by atoms with E-state index in [1.165, 1.54) is 89.9 Å². The van der Waals surface area contributed by atoms with Crippen molar-refractivity contribution >= 4 is 33.6 Å². The molecule has 0 aromatic carbocycles. The van der Waals surface area contributed by atoms with Crippen LogP contribution in [0.4, 0.5) is 0 Å². The molecule has 0 fully saturated rings. The number of aliphatic hydroxyl groups is 2. The number of allylic oxidation sites excluding steroid dienone is 16. The fourth-order valence-corrected chi connectivity index (χ4v) is 11.0. The van der Waals surface area contributed by atoms with Gasteiger partial charge in [0.2, 0.25) is 0 Å². The highest BCUT2D eigenvalue weighted by atomic mass is 31.2. The second kappa shape index (κ2) is 66.5. The zero-order chi connectivity index (χ0) is 66.7. The number of phosphoric acid groups is 2. The van der Waals surface area contributed by atoms with Gasteiger partial charge in [0.15, 0.2) is 6.10 Å². The first-order valence-electron chi connectivity index (χ1n) is 35.5. The van der Waals surface area contributed by atoms with E-state index >= 15 is 0 Å². The Bertz CT molecular complexity index is 2050. The van der Waals surface area contributed by atoms with E-state index in [0.29, 0.717) is 19.3 Å². The maximum atomic E-state index is 12.9. The van der Waals surface area contributed by atoms with Crippen LogP contribution in [0.3, 0.4) is 0 Å². The third-order valence-corrected chi connectivity index (χ3v) is 16.7. The zero-order valence-electron chi connectivity index (χ0n) is 57.0. The second-order valence-electron chi connectivity index (χ2n) is 23.7. The Balaban J connectivity index is 4.67. The maximum Gasteiger partial charge on any atom is 0.472 e. The molecule has 0 rings (SSSR count). The van der Waals surface area contributed by atoms with Crippen molar-refractivity contribution < 1.29 is 75.8 Å². The number of carbonyl (C=O) groups excluding carboxylic acids is 3. The fraction of sp³-hybridized carbons (Fsp3) is 0.740. The molecule has 0 amide bonds. The Hall–Kier alpha value is -3.53. The van der Waals surface area contributed by atoms with Crippen LogP contribution in [0, 0.1) is 0 Å². The van der Waals surface area contributed by atoms with Crippen molar-refractivity contribution in [2.24, 2.45) is 0 Å². The number of phosphoric ester groups is 2. The topological polar surface area (TPSA) is 231 Å². The molecular formula is C73H128O16P2. The van der Waals surface area contributed by atoms with Gasteiger partial charge in [-0.2, -0.15) is 0 Å². The lowest BCUT2D eigenvalue weighted by Crippen LogP contribution is -2.30. The van der Waals surface area contributed by atoms with Gasteiger partial charge in [0, 0.05) is 19.3 Å². The summed E-state index contributed by atoms with van der Waals surface area (Å²) in [5, 5.41) is 20.6. The van der Waals surface area contributed by atoms with E-state index in [-0.39, 0.29) is 19.3 Å². The molecule has 0 aliphatic heterocycles. The first-order valence-corrected chi connectivity index (χ1v) is 38.5. The lowest BCUT2D eigenvalue weighted by Gasteiger charge is -2.21. The number of hydrogen-bond acceptors (Lipinski definition) is 14. The van der Waals surface area contributed by atoms with Gasteiger partial charge in [-0.15, -0.1) is 0 Å². The molecule has 526 valence electrons. The normalized spacial score (nSPS) is 14.8. The van der Waals surface area contributed by atoms with Crippen molar-refractivity contribution in [1.82, 2.24) is 0 Å². The smallest absolute Gasteiger partial charge is 0.463 e. The highest BCUT2D eigenvalue weighted by molar-refractivity contribution is 7.47. The molecule has 0 bridgehead atoms. The third-order valence-electron chi connectivity index (χ3n) is 14.8. The Morgan fingerprint density at radius 1 is 0.319 bits per heavy atom. The van der Waals surface area contributed by atoms with Crippen LogP contribution < -0.4 is 0 Å². The van der Waals surface area contributed by atoms with Gasteiger partial charge in [-0.3, -0.25) is 32.5 Å². The van der Waals surface area contributed by atoms with Gasteiger partial charge in [0.05, 0.1) is 26.4 Å². The van der Waals surface area contributed by atoms with Crippen molar-refractivity contribution in [3.8, 4) is 0 Å². The molecule has 0 aromatic heterocycles. The van der Waals surface area contributed by atoms with E-state index < -0.39 is 91.5 Å². The van der Waals surface area contributed by atoms with Crippen molar-refractivity contribution in [3.05, 3.63) is 97.2 Å². The molecular weight excluding hydrogens is 1190 g/mol. The van der Waals surface area contributed by atoms with Crippen molar-refractivity contribution in [2.45, 2.75) is 309 Å². The Labute approximate surface area is 552 Å². The molecule has 0 saturated carbocycles. The molecule has 16 nitrogen and oxygen atoms in total. The summed E-state index contributed by atoms with van der Waals surface area (Å²) in [7, 11) is -9.78. The van der Waals surface area contributed by atoms with Crippen molar-refractivity contribution in [1.29, 1.82) is 0 Å². The minimum absolute atomic E-state index is 0.103. The van der Waals surface area contributed by atoms with Crippen LogP contribution in [0.2, 0.25) is 0 Å². The SMILES string of the molecule is CC/C=C\C/C=C\C/C=C\C/C=C\CCCCCCCCC(=O)OCC(COP(=O)(O)OCC(O)COP(=O)(O)OCC(O)COC(=O)CCCCCCC/C=C\C/C=C\C/C=C\C/C=C\CCCCC)OC(=O)CCCCCCCCCCCCCCCCC. The molecule has 5 unspecified atom stereocenters. The van der Waals surface area contributed by atoms with E-state index in [2.05, 4.69) is 118 Å². The average Bonchev–Trinajstić information content (AvgIpc) is 3.08. The Kier molecular flexibility index (Phi) is 63.9. The molecule has 0 aliphatic rings. The van der Waals surface area contributed by atoms with Gasteiger partial charge in [-0.1, -0.05) is 266 Å². The number of carbonyl (C=O) groups is 3. The van der Waals surface area contributed by atoms with Crippen LogP contribution in [-0.4, -0.2) is 95.9 Å². The molecule has 0 saturated heterocycles. The number of esters is 3. The van der Waals surface area contributed by atoms with Crippen LogP contribution in [0.15, 0.2) is 97.2 Å². The van der Waals surface area contributed by atoms with Gasteiger partial charge in [0.25, 0.3) is 0 Å². The summed E-state index contributed by atoms with van der Waals surface area (Å²) in [4.78, 5) is 58.5. The predicted molar refractivity (Wildman–Crippen MR) is 371 cm³/mol. The second-order valence-corrected chi connectivity index (χ2v) is 26.6. The predicted octanol–water partition coefficient (Wildman–Crippen LogP) is 19.9. The van der Waals surface area contributed by atoms with Gasteiger partial charge < -0.3 is 34.2 Å². The summed E-state index contributed by atoms with van der Waals surface area (Å²) >= 11 is 0. The Morgan fingerprint density at radius 3 is 0.945 bits per heavy atom. The van der Waals surface area contributed by atoms with Crippen molar-refractivity contribution in [3.63, 3.8) is 0 Å². The molecule has 0 aliphatic carbocycles. The molecule has 0 aromatic rings. The van der Waals surface area contributed by atoms with Crippen LogP contribution >= 0.6 is 15.6 Å². The first kappa shape index (κ1) is 87.5. The number of hydrogen-bond donors (Lipinski definition) is 4. The zero-order valence-corrected chi connectivity index (χ0v) is 58.8. The van der Waals surface area contributed by atoms with Crippen LogP contribution in [-0.2, 0) is 55.8 Å². The van der Waals surface area contributed by atoms with E-state index in [4.69, 9.17) is 32.3 Å². The molecule has 91 heavy (non-hydrogen) atoms. The summed E-state index contributed by atoms with van der Waals surface area (Å²) in [6.45, 7) is 2.51. The largest absolute Gasteiger partial charge is 0.472 e. The van der Waals surface area contributed by atoms with E-state index in [9.17, 15) is 43.5 Å². The highest BCUT2D eigenvalue weighted by Crippen LogP contribution is 2.45. The molecule has 0 spiro atoms. The van der Waals surface area contributed by atoms with Crippen LogP contribution in [0.25, 0.3) is 0 Å². The number of aliphatic hydroxyl groups excluding tert-OH is 2. The third kappa shape index (κ3) is 67.7. The first-order chi connectivity index (χ1) is 44.2. The quantitative estimate of drug-likeness (QED) is 0.0146. The Morgan fingerprint density at radius 2 is 0.582 bits per heavy atom. The van der Waals surface area contributed by atoms with E-state index in [1.54, 1.807) is 0 Å². The maximum absolute atomic E-state index is 12.9. The average molecular weight is 1320 g/mol. The van der Waals surface area contributed by atoms with Gasteiger partial charge >= 0.3 is 33.6 Å². The lowest BCUT2D eigenvalue weighted by atomic mass is 10.0. The summed E-state index contributed by atoms with van der Waals surface area (Å²) in [5.74, 6) is -1.60. The molecule has 5 atom stereocenters. The molecule has 18 heteroatoms. The van der Waals surface area contributed by atoms with E-state index in [0.717, 1.165) is 141 Å². The molecule has 0 radical (unpaired) electrons. The van der Waals surface area contributed by atoms with Crippen LogP contribution in [0.1, 0.15) is 290 Å². The standard InChI is InChI=1S/C73H128O16P2/c1-4-7-10-13-16-19-22-25-28-30-32-33-35-37-39-41-44-47-50-53-56-59-71(76)83-62-68(74)63-85-90(79,80)86-64-69(75)65-87-91(81,82)88-67-70(89-73(78)61-58-55-52-49-46-43-38-27-24-21-18-15-12-9-6-3)66-84-72(77)60-57-54-51-48-45-42-40-36-34-31-29-26-23-20-17-14-11-8-5-2/h8,11,16-17,19-20,25-26,28-29,32-34,36-37,39,68-70,74-75H,4-7,9-10,12-15,18,21-24,27,30-31,35,38,40-67H2,1-3H3,(H,79,80)(H,81,82)/b11-8-,19-16-,20-17-,28-25-,29-26-,33-32-,36-34-,39-37-. The van der Waals surface area contributed by atoms with E-state index in [1.807, 2.05) is 0 Å². The summed E-state index contributed by atoms with van der Waals surface area (Å²) in [5.41, 5.74) is 0. The monoisotopic (exact) mass is 1320 g/mol. The number of ether oxygens (including phenoxy) is 3. The highest BCUT2D eigenvalue weighted by Gasteiger charge is 2.29. The minimum atomic E-state index is -4.93. The number of unbranched alkanes of at least 4 members (excludes halogenated alkanes) is 28. The summed E-state index contributed by atoms with van der Waals surface area (Å²) < 4.78 is 61.0. The molecule has 4 N–H and O–H groups in total. The van der Waals surface area contributed by atoms with Gasteiger partial charge in [-0.25, -0.2) is 9.13 Å². The van der Waals surface area contributed by atoms with Gasteiger partial charge in [0.1, 0.15) is 25.4 Å². The van der Waals surface area contributed by atoms with Gasteiger partial charge in [-0.05, 0) is 103 Å².